The quantitative estimate of drug-likeness (QED) is 0.675. The van der Waals surface area contributed by atoms with Crippen molar-refractivity contribution in [3.05, 3.63) is 0 Å². The van der Waals surface area contributed by atoms with Crippen molar-refractivity contribution >= 4 is 0 Å². The molecule has 0 spiro atoms. The zero-order chi connectivity index (χ0) is 9.10. The highest BCUT2D eigenvalue weighted by molar-refractivity contribution is 4.79. The van der Waals surface area contributed by atoms with Crippen LogP contribution in [0.5, 0.6) is 0 Å². The van der Waals surface area contributed by atoms with Gasteiger partial charge in [0.25, 0.3) is 0 Å². The molecule has 2 saturated heterocycles. The molecule has 2 fully saturated rings. The van der Waals surface area contributed by atoms with Crippen LogP contribution >= 0.6 is 0 Å². The number of hydrogen-bond donors (Lipinski definition) is 1. The highest BCUT2D eigenvalue weighted by Crippen LogP contribution is 2.10. The van der Waals surface area contributed by atoms with Crippen LogP contribution < -0.4 is 5.32 Å². The zero-order valence-electron chi connectivity index (χ0n) is 8.46. The summed E-state index contributed by atoms with van der Waals surface area (Å²) in [7, 11) is 0. The van der Waals surface area contributed by atoms with Crippen LogP contribution in [0.1, 0.15) is 19.8 Å². The van der Waals surface area contributed by atoms with Gasteiger partial charge in [0.15, 0.2) is 0 Å². The minimum atomic E-state index is 0.426. The van der Waals surface area contributed by atoms with Gasteiger partial charge in [0.05, 0.1) is 12.7 Å². The van der Waals surface area contributed by atoms with E-state index in [0.717, 1.165) is 25.7 Å². The third-order valence-electron chi connectivity index (χ3n) is 2.97. The third-order valence-corrected chi connectivity index (χ3v) is 2.97. The topological polar surface area (TPSA) is 24.5 Å². The number of nitrogens with zero attached hydrogens (tertiary/aromatic N) is 1. The van der Waals surface area contributed by atoms with Gasteiger partial charge in [-0.2, -0.15) is 0 Å². The molecule has 2 rings (SSSR count). The first-order valence-electron chi connectivity index (χ1n) is 5.42. The second kappa shape index (κ2) is 4.40. The summed E-state index contributed by atoms with van der Waals surface area (Å²) in [6.07, 6.45) is 3.13. The molecular weight excluding hydrogens is 164 g/mol. The number of morpholine rings is 1. The van der Waals surface area contributed by atoms with Crippen LogP contribution in [-0.4, -0.2) is 49.8 Å². The molecule has 0 bridgehead atoms. The molecule has 0 aliphatic carbocycles. The average molecular weight is 184 g/mol. The van der Waals surface area contributed by atoms with Gasteiger partial charge in [0.2, 0.25) is 0 Å². The predicted molar refractivity (Wildman–Crippen MR) is 52.9 cm³/mol. The molecule has 0 radical (unpaired) electrons. The van der Waals surface area contributed by atoms with E-state index in [0.29, 0.717) is 6.10 Å². The first kappa shape index (κ1) is 9.44. The van der Waals surface area contributed by atoms with E-state index < -0.39 is 0 Å². The fourth-order valence-electron chi connectivity index (χ4n) is 2.28. The van der Waals surface area contributed by atoms with Gasteiger partial charge in [-0.05, 0) is 26.3 Å². The zero-order valence-corrected chi connectivity index (χ0v) is 8.46. The second-order valence-corrected chi connectivity index (χ2v) is 4.23. The fourth-order valence-corrected chi connectivity index (χ4v) is 2.28. The maximum Gasteiger partial charge on any atom is 0.0674 e. The van der Waals surface area contributed by atoms with Crippen LogP contribution in [0.2, 0.25) is 0 Å². The molecule has 2 aliphatic heterocycles. The molecule has 2 aliphatic rings. The van der Waals surface area contributed by atoms with E-state index >= 15 is 0 Å². The first-order valence-corrected chi connectivity index (χ1v) is 5.42. The van der Waals surface area contributed by atoms with E-state index in [9.17, 15) is 0 Å². The summed E-state index contributed by atoms with van der Waals surface area (Å²) in [6, 6.07) is 0.741. The monoisotopic (exact) mass is 184 g/mol. The summed E-state index contributed by atoms with van der Waals surface area (Å²) in [5.74, 6) is 0. The van der Waals surface area contributed by atoms with Gasteiger partial charge < -0.3 is 10.1 Å². The Morgan fingerprint density at radius 2 is 2.46 bits per heavy atom. The van der Waals surface area contributed by atoms with Crippen molar-refractivity contribution in [1.29, 1.82) is 0 Å². The SMILES string of the molecule is CC1CN(C[C@H]2CCCN2)CCO1. The fraction of sp³-hybridized carbons (Fsp3) is 1.00. The molecule has 0 amide bonds. The molecular formula is C10H20N2O. The summed E-state index contributed by atoms with van der Waals surface area (Å²) in [4.78, 5) is 2.52. The Morgan fingerprint density at radius 1 is 1.54 bits per heavy atom. The Balaban J connectivity index is 1.73. The van der Waals surface area contributed by atoms with Crippen molar-refractivity contribution in [2.24, 2.45) is 0 Å². The van der Waals surface area contributed by atoms with E-state index in [-0.39, 0.29) is 0 Å². The predicted octanol–water partition coefficient (Wildman–Crippen LogP) is 0.459. The Kier molecular flexibility index (Phi) is 3.19. The van der Waals surface area contributed by atoms with Crippen LogP contribution in [0.4, 0.5) is 0 Å². The molecule has 3 heteroatoms. The molecule has 1 unspecified atom stereocenters. The molecule has 0 aromatic heterocycles. The van der Waals surface area contributed by atoms with Gasteiger partial charge in [-0.3, -0.25) is 4.90 Å². The summed E-state index contributed by atoms with van der Waals surface area (Å²) in [5, 5.41) is 3.54. The Morgan fingerprint density at radius 3 is 3.15 bits per heavy atom. The maximum absolute atomic E-state index is 5.51. The van der Waals surface area contributed by atoms with Crippen molar-refractivity contribution in [1.82, 2.24) is 10.2 Å². The molecule has 2 heterocycles. The standard InChI is InChI=1S/C10H20N2O/c1-9-7-12(5-6-13-9)8-10-3-2-4-11-10/h9-11H,2-8H2,1H3/t9?,10-/m1/s1. The van der Waals surface area contributed by atoms with Gasteiger partial charge in [0, 0.05) is 25.7 Å². The Hall–Kier alpha value is -0.120. The maximum atomic E-state index is 5.51. The van der Waals surface area contributed by atoms with Gasteiger partial charge >= 0.3 is 0 Å². The lowest BCUT2D eigenvalue weighted by atomic mass is 10.2. The van der Waals surface area contributed by atoms with Crippen LogP contribution in [0.25, 0.3) is 0 Å². The summed E-state index contributed by atoms with van der Waals surface area (Å²) in [6.45, 7) is 7.72. The number of rotatable bonds is 2. The molecule has 0 aromatic rings. The molecule has 3 nitrogen and oxygen atoms in total. The Labute approximate surface area is 80.4 Å². The van der Waals surface area contributed by atoms with Gasteiger partial charge in [-0.25, -0.2) is 0 Å². The third kappa shape index (κ3) is 2.66. The summed E-state index contributed by atoms with van der Waals surface area (Å²) >= 11 is 0. The van der Waals surface area contributed by atoms with E-state index in [1.165, 1.54) is 25.9 Å². The van der Waals surface area contributed by atoms with E-state index in [2.05, 4.69) is 17.1 Å². The van der Waals surface area contributed by atoms with Gasteiger partial charge in [-0.15, -0.1) is 0 Å². The molecule has 2 atom stereocenters. The lowest BCUT2D eigenvalue weighted by molar-refractivity contribution is -0.0204. The average Bonchev–Trinajstić information content (AvgIpc) is 2.57. The number of nitrogens with one attached hydrogen (secondary N) is 1. The van der Waals surface area contributed by atoms with Crippen LogP contribution in [0.3, 0.4) is 0 Å². The first-order chi connectivity index (χ1) is 6.34. The van der Waals surface area contributed by atoms with Crippen molar-refractivity contribution in [2.75, 3.05) is 32.8 Å². The van der Waals surface area contributed by atoms with E-state index in [1.54, 1.807) is 0 Å². The molecule has 13 heavy (non-hydrogen) atoms. The van der Waals surface area contributed by atoms with Crippen LogP contribution in [-0.2, 0) is 4.74 Å². The van der Waals surface area contributed by atoms with E-state index in [1.807, 2.05) is 0 Å². The largest absolute Gasteiger partial charge is 0.376 e. The van der Waals surface area contributed by atoms with Crippen molar-refractivity contribution in [3.63, 3.8) is 0 Å². The van der Waals surface area contributed by atoms with Crippen LogP contribution in [0, 0.1) is 0 Å². The number of hydrogen-bond acceptors (Lipinski definition) is 3. The smallest absolute Gasteiger partial charge is 0.0674 e. The normalized spacial score (nSPS) is 36.7. The molecule has 0 aromatic carbocycles. The lowest BCUT2D eigenvalue weighted by Gasteiger charge is -2.32. The molecule has 0 saturated carbocycles. The second-order valence-electron chi connectivity index (χ2n) is 4.23. The highest BCUT2D eigenvalue weighted by atomic mass is 16.5. The Bertz CT molecular complexity index is 157. The van der Waals surface area contributed by atoms with Gasteiger partial charge in [0.1, 0.15) is 0 Å². The summed E-state index contributed by atoms with van der Waals surface area (Å²) < 4.78 is 5.51. The molecule has 1 N–H and O–H groups in total. The minimum Gasteiger partial charge on any atom is -0.376 e. The van der Waals surface area contributed by atoms with Crippen molar-refractivity contribution in [3.8, 4) is 0 Å². The van der Waals surface area contributed by atoms with Crippen molar-refractivity contribution in [2.45, 2.75) is 31.9 Å². The van der Waals surface area contributed by atoms with Gasteiger partial charge in [-0.1, -0.05) is 0 Å². The van der Waals surface area contributed by atoms with Crippen LogP contribution in [0.15, 0.2) is 0 Å². The van der Waals surface area contributed by atoms with Crippen molar-refractivity contribution < 1.29 is 4.74 Å². The lowest BCUT2D eigenvalue weighted by Crippen LogP contribution is -2.46. The minimum absolute atomic E-state index is 0.426. The molecule has 76 valence electrons. The number of ether oxygens (including phenoxy) is 1. The van der Waals surface area contributed by atoms with E-state index in [4.69, 9.17) is 4.74 Å². The highest BCUT2D eigenvalue weighted by Gasteiger charge is 2.21. The summed E-state index contributed by atoms with van der Waals surface area (Å²) in [5.41, 5.74) is 0.